The van der Waals surface area contributed by atoms with E-state index in [-0.39, 0.29) is 6.04 Å². The number of hydrogen-bond donors (Lipinski definition) is 2. The highest BCUT2D eigenvalue weighted by Gasteiger charge is 2.15. The van der Waals surface area contributed by atoms with Gasteiger partial charge in [0.25, 0.3) is 0 Å². The fourth-order valence-electron chi connectivity index (χ4n) is 2.96. The van der Waals surface area contributed by atoms with E-state index in [1.165, 1.54) is 5.56 Å². The molecule has 29 heavy (non-hydrogen) atoms. The quantitative estimate of drug-likeness (QED) is 0.497. The normalized spacial score (nSPS) is 12.4. The van der Waals surface area contributed by atoms with Crippen LogP contribution in [-0.4, -0.2) is 59.4 Å². The highest BCUT2D eigenvalue weighted by atomic mass is 16.5. The zero-order valence-corrected chi connectivity index (χ0v) is 18.2. The Morgan fingerprint density at radius 2 is 1.76 bits per heavy atom. The molecule has 0 saturated carbocycles. The standard InChI is InChI=1S/C22H32N4O3/c1-7-29-21-14-17(10-13-20(21)28-6)25-22(23-2)24-15-19(26(3)4)16-8-11-18(27-5)12-9-16/h8-14,19H,7,15H2,1-6H3,(H2,23,24,25). The molecule has 0 aliphatic carbocycles. The number of ether oxygens (including phenoxy) is 3. The van der Waals surface area contributed by atoms with Crippen molar-refractivity contribution >= 4 is 11.6 Å². The van der Waals surface area contributed by atoms with Gasteiger partial charge in [0.05, 0.1) is 26.9 Å². The molecule has 0 radical (unpaired) electrons. The van der Waals surface area contributed by atoms with Gasteiger partial charge in [-0.2, -0.15) is 0 Å². The molecule has 7 nitrogen and oxygen atoms in total. The SMILES string of the molecule is CCOc1cc(NC(=NC)NCC(c2ccc(OC)cc2)N(C)C)ccc1OC. The fourth-order valence-corrected chi connectivity index (χ4v) is 2.96. The maximum absolute atomic E-state index is 5.65. The highest BCUT2D eigenvalue weighted by Crippen LogP contribution is 2.30. The molecule has 0 aliphatic rings. The molecule has 7 heteroatoms. The number of benzene rings is 2. The summed E-state index contributed by atoms with van der Waals surface area (Å²) in [5.74, 6) is 2.92. The number of aliphatic imine (C=N–C) groups is 1. The minimum Gasteiger partial charge on any atom is -0.497 e. The summed E-state index contributed by atoms with van der Waals surface area (Å²) >= 11 is 0. The third kappa shape index (κ3) is 6.29. The van der Waals surface area contributed by atoms with Gasteiger partial charge in [-0.15, -0.1) is 0 Å². The molecule has 0 heterocycles. The van der Waals surface area contributed by atoms with Gasteiger partial charge in [-0.1, -0.05) is 12.1 Å². The molecule has 0 fully saturated rings. The van der Waals surface area contributed by atoms with Gasteiger partial charge >= 0.3 is 0 Å². The Bertz CT molecular complexity index is 791. The first-order chi connectivity index (χ1) is 14.0. The second-order valence-electron chi connectivity index (χ2n) is 6.63. The number of nitrogens with one attached hydrogen (secondary N) is 2. The van der Waals surface area contributed by atoms with Crippen molar-refractivity contribution in [3.05, 3.63) is 48.0 Å². The molecule has 0 saturated heterocycles. The smallest absolute Gasteiger partial charge is 0.195 e. The Labute approximate surface area is 173 Å². The first-order valence-electron chi connectivity index (χ1n) is 9.61. The van der Waals surface area contributed by atoms with E-state index in [2.05, 4.69) is 46.8 Å². The van der Waals surface area contributed by atoms with E-state index < -0.39 is 0 Å². The van der Waals surface area contributed by atoms with Crippen LogP contribution in [0.1, 0.15) is 18.5 Å². The summed E-state index contributed by atoms with van der Waals surface area (Å²) in [5, 5.41) is 6.71. The van der Waals surface area contributed by atoms with Gasteiger partial charge in [0.2, 0.25) is 0 Å². The third-order valence-electron chi connectivity index (χ3n) is 4.54. The van der Waals surface area contributed by atoms with Gasteiger partial charge in [-0.05, 0) is 50.8 Å². The van der Waals surface area contributed by atoms with Crippen molar-refractivity contribution in [1.29, 1.82) is 0 Å². The molecule has 0 amide bonds. The van der Waals surface area contributed by atoms with Crippen LogP contribution < -0.4 is 24.8 Å². The lowest BCUT2D eigenvalue weighted by Crippen LogP contribution is -2.38. The summed E-state index contributed by atoms with van der Waals surface area (Å²) in [7, 11) is 9.17. The third-order valence-corrected chi connectivity index (χ3v) is 4.54. The van der Waals surface area contributed by atoms with Crippen LogP contribution in [0.5, 0.6) is 17.2 Å². The van der Waals surface area contributed by atoms with Gasteiger partial charge in [0.1, 0.15) is 5.75 Å². The molecule has 0 bridgehead atoms. The van der Waals surface area contributed by atoms with Crippen molar-refractivity contribution in [2.75, 3.05) is 53.8 Å². The number of nitrogens with zero attached hydrogens (tertiary/aromatic N) is 2. The average molecular weight is 401 g/mol. The van der Waals surface area contributed by atoms with Crippen LogP contribution in [-0.2, 0) is 0 Å². The first kappa shape index (κ1) is 22.4. The van der Waals surface area contributed by atoms with Crippen molar-refractivity contribution in [1.82, 2.24) is 10.2 Å². The van der Waals surface area contributed by atoms with Crippen LogP contribution in [0.15, 0.2) is 47.5 Å². The van der Waals surface area contributed by atoms with Crippen LogP contribution in [0, 0.1) is 0 Å². The van der Waals surface area contributed by atoms with E-state index in [9.17, 15) is 0 Å². The van der Waals surface area contributed by atoms with Crippen LogP contribution in [0.2, 0.25) is 0 Å². The van der Waals surface area contributed by atoms with Crippen molar-refractivity contribution in [3.8, 4) is 17.2 Å². The molecule has 0 aliphatic heterocycles. The minimum absolute atomic E-state index is 0.175. The zero-order valence-electron chi connectivity index (χ0n) is 18.2. The lowest BCUT2D eigenvalue weighted by molar-refractivity contribution is 0.298. The Morgan fingerprint density at radius 1 is 1.03 bits per heavy atom. The molecule has 0 spiro atoms. The predicted octanol–water partition coefficient (Wildman–Crippen LogP) is 3.39. The van der Waals surface area contributed by atoms with E-state index in [0.717, 1.165) is 11.4 Å². The molecule has 2 rings (SSSR count). The van der Waals surface area contributed by atoms with Gasteiger partial charge < -0.3 is 29.7 Å². The molecule has 2 N–H and O–H groups in total. The first-order valence-corrected chi connectivity index (χ1v) is 9.61. The monoisotopic (exact) mass is 400 g/mol. The largest absolute Gasteiger partial charge is 0.497 e. The molecule has 2 aromatic carbocycles. The summed E-state index contributed by atoms with van der Waals surface area (Å²) < 4.78 is 16.2. The predicted molar refractivity (Wildman–Crippen MR) is 119 cm³/mol. The lowest BCUT2D eigenvalue weighted by Gasteiger charge is -2.26. The number of hydrogen-bond acceptors (Lipinski definition) is 5. The Morgan fingerprint density at radius 3 is 2.31 bits per heavy atom. The molecule has 1 atom stereocenters. The van der Waals surface area contributed by atoms with Gasteiger partial charge in [0.15, 0.2) is 17.5 Å². The van der Waals surface area contributed by atoms with Crippen LogP contribution in [0.3, 0.4) is 0 Å². The van der Waals surface area contributed by atoms with E-state index in [0.29, 0.717) is 30.6 Å². The summed E-state index contributed by atoms with van der Waals surface area (Å²) in [5.41, 5.74) is 2.06. The Hall–Kier alpha value is -2.93. The average Bonchev–Trinajstić information content (AvgIpc) is 2.73. The van der Waals surface area contributed by atoms with Crippen molar-refractivity contribution in [2.45, 2.75) is 13.0 Å². The zero-order chi connectivity index (χ0) is 21.2. The van der Waals surface area contributed by atoms with E-state index >= 15 is 0 Å². The summed E-state index contributed by atoms with van der Waals surface area (Å²) in [6.45, 7) is 3.20. The number of likely N-dealkylation sites (N-methyl/N-ethyl adjacent to an activating group) is 1. The fraction of sp³-hybridized carbons (Fsp3) is 0.409. The van der Waals surface area contributed by atoms with Crippen LogP contribution >= 0.6 is 0 Å². The van der Waals surface area contributed by atoms with Gasteiger partial charge in [0, 0.05) is 25.3 Å². The summed E-state index contributed by atoms with van der Waals surface area (Å²) in [6, 6.07) is 14.0. The molecule has 158 valence electrons. The summed E-state index contributed by atoms with van der Waals surface area (Å²) in [6.07, 6.45) is 0. The molecular weight excluding hydrogens is 368 g/mol. The van der Waals surface area contributed by atoms with Crippen molar-refractivity contribution in [2.24, 2.45) is 4.99 Å². The Kier molecular flexibility index (Phi) is 8.61. The van der Waals surface area contributed by atoms with E-state index in [4.69, 9.17) is 14.2 Å². The van der Waals surface area contributed by atoms with Gasteiger partial charge in [-0.25, -0.2) is 0 Å². The van der Waals surface area contributed by atoms with Crippen LogP contribution in [0.4, 0.5) is 5.69 Å². The molecule has 1 unspecified atom stereocenters. The van der Waals surface area contributed by atoms with Gasteiger partial charge in [-0.3, -0.25) is 4.99 Å². The van der Waals surface area contributed by atoms with Crippen molar-refractivity contribution < 1.29 is 14.2 Å². The topological polar surface area (TPSA) is 67.3 Å². The van der Waals surface area contributed by atoms with E-state index in [1.807, 2.05) is 37.3 Å². The highest BCUT2D eigenvalue weighted by molar-refractivity contribution is 5.93. The van der Waals surface area contributed by atoms with Crippen LogP contribution in [0.25, 0.3) is 0 Å². The second kappa shape index (κ2) is 11.2. The summed E-state index contributed by atoms with van der Waals surface area (Å²) in [4.78, 5) is 6.51. The Balaban J connectivity index is 2.07. The molecule has 0 aromatic heterocycles. The number of guanidine groups is 1. The lowest BCUT2D eigenvalue weighted by atomic mass is 10.1. The van der Waals surface area contributed by atoms with Crippen molar-refractivity contribution in [3.63, 3.8) is 0 Å². The second-order valence-corrected chi connectivity index (χ2v) is 6.63. The maximum Gasteiger partial charge on any atom is 0.195 e. The molecular formula is C22H32N4O3. The van der Waals surface area contributed by atoms with E-state index in [1.54, 1.807) is 21.3 Å². The number of anilines is 1. The minimum atomic E-state index is 0.175. The molecule has 2 aromatic rings. The number of rotatable bonds is 9. The maximum atomic E-state index is 5.65. The number of methoxy groups -OCH3 is 2.